The summed E-state index contributed by atoms with van der Waals surface area (Å²) >= 11 is 1.50. The molecule has 24 heavy (non-hydrogen) atoms. The third-order valence-corrected chi connectivity index (χ3v) is 5.66. The number of carbonyl (C=O) groups excluding carboxylic acids is 2. The van der Waals surface area contributed by atoms with Gasteiger partial charge in [-0.15, -0.1) is 11.8 Å². The number of aromatic nitrogens is 2. The van der Waals surface area contributed by atoms with Crippen LogP contribution < -0.4 is 10.6 Å². The Balaban J connectivity index is 1.68. The Bertz CT molecular complexity index is 784. The highest BCUT2D eigenvalue weighted by molar-refractivity contribution is 8.01. The SMILES string of the molecule is CCn1c(CNC(=O)[C@@H]2CSC(C)(C)C(=O)N2)nc2ccccc21. The van der Waals surface area contributed by atoms with Gasteiger partial charge in [-0.3, -0.25) is 9.59 Å². The highest BCUT2D eigenvalue weighted by atomic mass is 32.2. The molecule has 128 valence electrons. The van der Waals surface area contributed by atoms with Crippen molar-refractivity contribution in [2.75, 3.05) is 5.75 Å². The molecule has 1 aromatic heterocycles. The van der Waals surface area contributed by atoms with Crippen LogP contribution in [0.3, 0.4) is 0 Å². The summed E-state index contributed by atoms with van der Waals surface area (Å²) in [6.07, 6.45) is 0. The first kappa shape index (κ1) is 16.8. The van der Waals surface area contributed by atoms with E-state index < -0.39 is 10.8 Å². The summed E-state index contributed by atoms with van der Waals surface area (Å²) < 4.78 is 1.61. The van der Waals surface area contributed by atoms with Gasteiger partial charge < -0.3 is 15.2 Å². The number of nitrogens with zero attached hydrogens (tertiary/aromatic N) is 2. The Hall–Kier alpha value is -2.02. The number of nitrogens with one attached hydrogen (secondary N) is 2. The van der Waals surface area contributed by atoms with Crippen molar-refractivity contribution in [2.24, 2.45) is 0 Å². The molecule has 1 saturated heterocycles. The number of fused-ring (bicyclic) bond motifs is 1. The van der Waals surface area contributed by atoms with Crippen LogP contribution in [0.1, 0.15) is 26.6 Å². The highest BCUT2D eigenvalue weighted by Gasteiger charge is 2.37. The number of carbonyl (C=O) groups is 2. The predicted molar refractivity (Wildman–Crippen MR) is 95.7 cm³/mol. The number of amides is 2. The summed E-state index contributed by atoms with van der Waals surface area (Å²) in [6.45, 7) is 6.92. The van der Waals surface area contributed by atoms with E-state index in [0.717, 1.165) is 23.4 Å². The van der Waals surface area contributed by atoms with E-state index in [9.17, 15) is 9.59 Å². The van der Waals surface area contributed by atoms with Crippen LogP contribution in [0.5, 0.6) is 0 Å². The fourth-order valence-corrected chi connectivity index (χ4v) is 3.78. The summed E-state index contributed by atoms with van der Waals surface area (Å²) in [5.74, 6) is 1.14. The minimum absolute atomic E-state index is 0.0975. The minimum atomic E-state index is -0.491. The number of aryl methyl sites for hydroxylation is 1. The smallest absolute Gasteiger partial charge is 0.243 e. The van der Waals surface area contributed by atoms with E-state index in [1.807, 2.05) is 38.1 Å². The number of thioether (sulfide) groups is 1. The number of hydrogen-bond acceptors (Lipinski definition) is 4. The highest BCUT2D eigenvalue weighted by Crippen LogP contribution is 2.29. The third-order valence-electron chi connectivity index (χ3n) is 4.25. The number of para-hydroxylation sites is 2. The fraction of sp³-hybridized carbons (Fsp3) is 0.471. The van der Waals surface area contributed by atoms with E-state index in [1.165, 1.54) is 11.8 Å². The molecule has 0 aliphatic carbocycles. The van der Waals surface area contributed by atoms with Crippen LogP contribution in [0.15, 0.2) is 24.3 Å². The first-order valence-electron chi connectivity index (χ1n) is 8.09. The normalized spacial score (nSPS) is 20.0. The van der Waals surface area contributed by atoms with Crippen molar-refractivity contribution < 1.29 is 9.59 Å². The van der Waals surface area contributed by atoms with E-state index in [2.05, 4.69) is 27.1 Å². The maximum Gasteiger partial charge on any atom is 0.243 e. The summed E-state index contributed by atoms with van der Waals surface area (Å²) in [7, 11) is 0. The molecule has 2 amide bonds. The zero-order chi connectivity index (χ0) is 17.3. The molecule has 1 aliphatic heterocycles. The lowest BCUT2D eigenvalue weighted by molar-refractivity contribution is -0.129. The molecule has 0 bridgehead atoms. The van der Waals surface area contributed by atoms with Gasteiger partial charge in [-0.2, -0.15) is 0 Å². The van der Waals surface area contributed by atoms with Gasteiger partial charge in [0.05, 0.1) is 22.3 Å². The van der Waals surface area contributed by atoms with Crippen molar-refractivity contribution in [1.29, 1.82) is 0 Å². The minimum Gasteiger partial charge on any atom is -0.347 e. The molecule has 2 heterocycles. The lowest BCUT2D eigenvalue weighted by Gasteiger charge is -2.32. The van der Waals surface area contributed by atoms with Crippen molar-refractivity contribution in [2.45, 2.75) is 44.6 Å². The quantitative estimate of drug-likeness (QED) is 0.883. The zero-order valence-corrected chi connectivity index (χ0v) is 14.9. The van der Waals surface area contributed by atoms with Gasteiger partial charge in [-0.1, -0.05) is 12.1 Å². The number of rotatable bonds is 4. The van der Waals surface area contributed by atoms with E-state index in [0.29, 0.717) is 12.3 Å². The molecular formula is C17H22N4O2S. The standard InChI is InChI=1S/C17H22N4O2S/c1-4-21-13-8-6-5-7-11(13)19-14(21)9-18-15(22)12-10-24-17(2,3)16(23)20-12/h5-8,12H,4,9-10H2,1-3H3,(H,18,22)(H,20,23)/t12-/m0/s1. The molecule has 2 N–H and O–H groups in total. The molecule has 7 heteroatoms. The Morgan fingerprint density at radius 1 is 1.46 bits per heavy atom. The molecule has 3 rings (SSSR count). The molecule has 1 fully saturated rings. The molecular weight excluding hydrogens is 324 g/mol. The second-order valence-corrected chi connectivity index (χ2v) is 7.97. The van der Waals surface area contributed by atoms with E-state index in [-0.39, 0.29) is 11.8 Å². The molecule has 1 aromatic carbocycles. The van der Waals surface area contributed by atoms with E-state index in [1.54, 1.807) is 0 Å². The Kier molecular flexibility index (Phi) is 4.54. The lowest BCUT2D eigenvalue weighted by Crippen LogP contribution is -2.57. The van der Waals surface area contributed by atoms with Gasteiger partial charge in [0.2, 0.25) is 11.8 Å². The molecule has 6 nitrogen and oxygen atoms in total. The molecule has 0 unspecified atom stereocenters. The van der Waals surface area contributed by atoms with Crippen molar-refractivity contribution >= 4 is 34.6 Å². The van der Waals surface area contributed by atoms with Crippen molar-refractivity contribution in [1.82, 2.24) is 20.2 Å². The van der Waals surface area contributed by atoms with Crippen molar-refractivity contribution in [3.8, 4) is 0 Å². The number of hydrogen-bond donors (Lipinski definition) is 2. The van der Waals surface area contributed by atoms with Crippen LogP contribution in [-0.2, 0) is 22.7 Å². The molecule has 0 saturated carbocycles. The van der Waals surface area contributed by atoms with Gasteiger partial charge in [0.1, 0.15) is 11.9 Å². The van der Waals surface area contributed by atoms with Crippen LogP contribution in [0, 0.1) is 0 Å². The lowest BCUT2D eigenvalue weighted by atomic mass is 10.1. The van der Waals surface area contributed by atoms with Gasteiger partial charge in [-0.05, 0) is 32.9 Å². The second-order valence-electron chi connectivity index (χ2n) is 6.33. The Morgan fingerprint density at radius 2 is 2.21 bits per heavy atom. The first-order chi connectivity index (χ1) is 11.4. The average molecular weight is 346 g/mol. The van der Waals surface area contributed by atoms with Gasteiger partial charge in [0.15, 0.2) is 0 Å². The van der Waals surface area contributed by atoms with Crippen molar-refractivity contribution in [3.63, 3.8) is 0 Å². The van der Waals surface area contributed by atoms with Crippen molar-refractivity contribution in [3.05, 3.63) is 30.1 Å². The summed E-state index contributed by atoms with van der Waals surface area (Å²) in [5, 5.41) is 5.70. The van der Waals surface area contributed by atoms with Crippen LogP contribution in [-0.4, -0.2) is 37.9 Å². The summed E-state index contributed by atoms with van der Waals surface area (Å²) in [5.41, 5.74) is 1.99. The molecule has 1 aliphatic rings. The summed E-state index contributed by atoms with van der Waals surface area (Å²) in [6, 6.07) is 7.43. The maximum atomic E-state index is 12.4. The molecule has 1 atom stereocenters. The largest absolute Gasteiger partial charge is 0.347 e. The maximum absolute atomic E-state index is 12.4. The number of benzene rings is 1. The topological polar surface area (TPSA) is 76.0 Å². The molecule has 2 aromatic rings. The van der Waals surface area contributed by atoms with Gasteiger partial charge in [-0.25, -0.2) is 4.98 Å². The van der Waals surface area contributed by atoms with Crippen LogP contribution in [0.4, 0.5) is 0 Å². The summed E-state index contributed by atoms with van der Waals surface area (Å²) in [4.78, 5) is 29.0. The van der Waals surface area contributed by atoms with Gasteiger partial charge in [0.25, 0.3) is 0 Å². The third kappa shape index (κ3) is 3.13. The molecule has 0 spiro atoms. The van der Waals surface area contributed by atoms with Gasteiger partial charge >= 0.3 is 0 Å². The Labute approximate surface area is 145 Å². The van der Waals surface area contributed by atoms with Gasteiger partial charge in [0, 0.05) is 12.3 Å². The zero-order valence-electron chi connectivity index (χ0n) is 14.1. The average Bonchev–Trinajstić information content (AvgIpc) is 2.92. The number of imidazole rings is 1. The van der Waals surface area contributed by atoms with Crippen LogP contribution >= 0.6 is 11.8 Å². The molecule has 0 radical (unpaired) electrons. The van der Waals surface area contributed by atoms with E-state index >= 15 is 0 Å². The monoisotopic (exact) mass is 346 g/mol. The fourth-order valence-electron chi connectivity index (χ4n) is 2.77. The van der Waals surface area contributed by atoms with Crippen LogP contribution in [0.2, 0.25) is 0 Å². The van der Waals surface area contributed by atoms with Crippen LogP contribution in [0.25, 0.3) is 11.0 Å². The van der Waals surface area contributed by atoms with E-state index in [4.69, 9.17) is 0 Å². The second kappa shape index (κ2) is 6.47. The predicted octanol–water partition coefficient (Wildman–Crippen LogP) is 1.68. The first-order valence-corrected chi connectivity index (χ1v) is 9.07. The Morgan fingerprint density at radius 3 is 2.92 bits per heavy atom.